The van der Waals surface area contributed by atoms with Gasteiger partial charge in [-0.1, -0.05) is 0 Å². The number of anilines is 1. The van der Waals surface area contributed by atoms with Gasteiger partial charge in [0.15, 0.2) is 0 Å². The number of carbonyl (C=O) groups excluding carboxylic acids is 2. The van der Waals surface area contributed by atoms with Crippen LogP contribution < -0.4 is 5.32 Å². The number of thiol groups is 1. The van der Waals surface area contributed by atoms with Crippen LogP contribution in [0.4, 0.5) is 10.5 Å². The standard InChI is InChI=1S/C20H19IN2O5S/c21-14-5-8-17(24)16(10-14)18(2-1-9-27-19(25)12-29)28-20(26)23-15-6-3-13(11-22)4-7-15/h3-8,10,18,24,29H,1-2,9,12H2,(H,23,26)/t18-/m0/s1. The van der Waals surface area contributed by atoms with Crippen molar-refractivity contribution in [2.45, 2.75) is 18.9 Å². The molecule has 0 aliphatic carbocycles. The first-order valence-electron chi connectivity index (χ1n) is 8.65. The molecular formula is C20H19IN2O5S. The number of aromatic hydroxyl groups is 1. The fourth-order valence-corrected chi connectivity index (χ4v) is 3.07. The highest BCUT2D eigenvalue weighted by molar-refractivity contribution is 14.1. The summed E-state index contributed by atoms with van der Waals surface area (Å²) in [6, 6.07) is 13.3. The Morgan fingerprint density at radius 2 is 1.97 bits per heavy atom. The van der Waals surface area contributed by atoms with Crippen LogP contribution in [0.1, 0.15) is 30.1 Å². The number of hydrogen-bond donors (Lipinski definition) is 3. The van der Waals surface area contributed by atoms with Crippen LogP contribution in [0.15, 0.2) is 42.5 Å². The molecule has 0 fully saturated rings. The van der Waals surface area contributed by atoms with Gasteiger partial charge in [-0.05, 0) is 77.9 Å². The van der Waals surface area contributed by atoms with Crippen molar-refractivity contribution in [2.24, 2.45) is 0 Å². The van der Waals surface area contributed by atoms with Crippen LogP contribution in [0.3, 0.4) is 0 Å². The van der Waals surface area contributed by atoms with Crippen molar-refractivity contribution in [3.63, 3.8) is 0 Å². The number of esters is 1. The van der Waals surface area contributed by atoms with Gasteiger partial charge < -0.3 is 14.6 Å². The van der Waals surface area contributed by atoms with E-state index >= 15 is 0 Å². The van der Waals surface area contributed by atoms with Crippen molar-refractivity contribution in [3.8, 4) is 11.8 Å². The highest BCUT2D eigenvalue weighted by Gasteiger charge is 2.21. The number of carbonyl (C=O) groups is 2. The maximum absolute atomic E-state index is 12.4. The second kappa shape index (κ2) is 11.5. The van der Waals surface area contributed by atoms with Crippen LogP contribution in [0, 0.1) is 14.9 Å². The van der Waals surface area contributed by atoms with E-state index in [2.05, 4.69) is 40.5 Å². The summed E-state index contributed by atoms with van der Waals surface area (Å²) in [6.45, 7) is 0.154. The summed E-state index contributed by atoms with van der Waals surface area (Å²) in [6.07, 6.45) is -0.670. The van der Waals surface area contributed by atoms with Crippen LogP contribution in [-0.4, -0.2) is 29.5 Å². The summed E-state index contributed by atoms with van der Waals surface area (Å²) >= 11 is 5.94. The smallest absolute Gasteiger partial charge is 0.412 e. The molecule has 0 bridgehead atoms. The minimum atomic E-state index is -0.738. The topological polar surface area (TPSA) is 109 Å². The summed E-state index contributed by atoms with van der Waals surface area (Å²) < 4.78 is 11.4. The monoisotopic (exact) mass is 526 g/mol. The molecule has 2 N–H and O–H groups in total. The summed E-state index contributed by atoms with van der Waals surface area (Å²) in [5.74, 6) is -0.430. The zero-order valence-corrected chi connectivity index (χ0v) is 18.4. The normalized spacial score (nSPS) is 11.2. The van der Waals surface area contributed by atoms with Gasteiger partial charge in [0.1, 0.15) is 11.9 Å². The molecule has 2 aromatic carbocycles. The van der Waals surface area contributed by atoms with Gasteiger partial charge in [0, 0.05) is 14.8 Å². The number of nitrogens with zero attached hydrogens (tertiary/aromatic N) is 1. The van der Waals surface area contributed by atoms with Crippen LogP contribution in [0.25, 0.3) is 0 Å². The van der Waals surface area contributed by atoms with E-state index in [4.69, 9.17) is 14.7 Å². The van der Waals surface area contributed by atoms with Crippen LogP contribution in [0.2, 0.25) is 0 Å². The van der Waals surface area contributed by atoms with Gasteiger partial charge in [0.05, 0.1) is 24.0 Å². The molecule has 9 heteroatoms. The Labute approximate surface area is 187 Å². The van der Waals surface area contributed by atoms with Crippen molar-refractivity contribution >= 4 is 53.0 Å². The lowest BCUT2D eigenvalue weighted by Gasteiger charge is -2.20. The van der Waals surface area contributed by atoms with Gasteiger partial charge in [-0.3, -0.25) is 10.1 Å². The van der Waals surface area contributed by atoms with Crippen molar-refractivity contribution in [1.29, 1.82) is 5.26 Å². The maximum Gasteiger partial charge on any atom is 0.412 e. The molecule has 0 aromatic heterocycles. The Bertz CT molecular complexity index is 899. The Morgan fingerprint density at radius 3 is 2.62 bits per heavy atom. The minimum Gasteiger partial charge on any atom is -0.508 e. The number of halogens is 1. The SMILES string of the molecule is N#Cc1ccc(NC(=O)O[C@@H](CCCOC(=O)CS)c2cc(I)ccc2O)cc1. The first kappa shape index (κ1) is 22.8. The molecule has 0 aliphatic rings. The van der Waals surface area contributed by atoms with Gasteiger partial charge in [0.2, 0.25) is 0 Å². The van der Waals surface area contributed by atoms with Gasteiger partial charge >= 0.3 is 12.1 Å². The third kappa shape index (κ3) is 7.47. The number of rotatable bonds is 8. The summed E-state index contributed by atoms with van der Waals surface area (Å²) in [7, 11) is 0. The molecule has 0 radical (unpaired) electrons. The predicted molar refractivity (Wildman–Crippen MR) is 119 cm³/mol. The molecule has 0 saturated carbocycles. The Morgan fingerprint density at radius 1 is 1.24 bits per heavy atom. The zero-order valence-electron chi connectivity index (χ0n) is 15.3. The zero-order chi connectivity index (χ0) is 21.2. The van der Waals surface area contributed by atoms with E-state index in [1.54, 1.807) is 36.4 Å². The fraction of sp³-hybridized carbons (Fsp3) is 0.250. The quantitative estimate of drug-likeness (QED) is 0.204. The van der Waals surface area contributed by atoms with Crippen LogP contribution >= 0.6 is 35.2 Å². The lowest BCUT2D eigenvalue weighted by molar-refractivity contribution is -0.140. The molecule has 0 unspecified atom stereocenters. The average molecular weight is 526 g/mol. The van der Waals surface area contributed by atoms with E-state index in [0.29, 0.717) is 29.7 Å². The number of benzene rings is 2. The lowest BCUT2D eigenvalue weighted by Crippen LogP contribution is -2.18. The van der Waals surface area contributed by atoms with Crippen molar-refractivity contribution < 1.29 is 24.2 Å². The first-order chi connectivity index (χ1) is 13.9. The average Bonchev–Trinajstić information content (AvgIpc) is 2.72. The third-order valence-electron chi connectivity index (χ3n) is 3.85. The summed E-state index contributed by atoms with van der Waals surface area (Å²) in [4.78, 5) is 23.6. The highest BCUT2D eigenvalue weighted by Crippen LogP contribution is 2.32. The Kier molecular flexibility index (Phi) is 9.08. The first-order valence-corrected chi connectivity index (χ1v) is 10.4. The largest absolute Gasteiger partial charge is 0.508 e. The van der Waals surface area contributed by atoms with E-state index in [9.17, 15) is 14.7 Å². The highest BCUT2D eigenvalue weighted by atomic mass is 127. The minimum absolute atomic E-state index is 0.00828. The Hall–Kier alpha value is -2.45. The van der Waals surface area contributed by atoms with E-state index in [1.165, 1.54) is 6.07 Å². The molecule has 2 aromatic rings. The summed E-state index contributed by atoms with van der Waals surface area (Å²) in [5.41, 5.74) is 1.41. The molecular weight excluding hydrogens is 507 g/mol. The molecule has 152 valence electrons. The van der Waals surface area contributed by atoms with Crippen molar-refractivity contribution in [1.82, 2.24) is 0 Å². The predicted octanol–water partition coefficient (Wildman–Crippen LogP) is 4.41. The fourth-order valence-electron chi connectivity index (χ4n) is 2.47. The van der Waals surface area contributed by atoms with Crippen LogP contribution in [0.5, 0.6) is 5.75 Å². The molecule has 1 amide bonds. The number of nitrogens with one attached hydrogen (secondary N) is 1. The van der Waals surface area contributed by atoms with E-state index in [-0.39, 0.29) is 18.1 Å². The second-order valence-corrected chi connectivity index (χ2v) is 7.49. The molecule has 1 atom stereocenters. The third-order valence-corrected chi connectivity index (χ3v) is 4.78. The van der Waals surface area contributed by atoms with Crippen molar-refractivity contribution in [3.05, 3.63) is 57.2 Å². The molecule has 0 aliphatic heterocycles. The number of phenols is 1. The van der Waals surface area contributed by atoms with E-state index < -0.39 is 18.2 Å². The van der Waals surface area contributed by atoms with Gasteiger partial charge in [-0.25, -0.2) is 4.79 Å². The van der Waals surface area contributed by atoms with Gasteiger partial charge in [-0.15, -0.1) is 0 Å². The molecule has 2 rings (SSSR count). The number of nitriles is 1. The molecule has 29 heavy (non-hydrogen) atoms. The number of ether oxygens (including phenoxy) is 2. The van der Waals surface area contributed by atoms with Gasteiger partial charge in [0.25, 0.3) is 0 Å². The van der Waals surface area contributed by atoms with E-state index in [0.717, 1.165) is 3.57 Å². The van der Waals surface area contributed by atoms with Gasteiger partial charge in [-0.2, -0.15) is 17.9 Å². The number of amides is 1. The lowest BCUT2D eigenvalue weighted by atomic mass is 10.0. The van der Waals surface area contributed by atoms with E-state index in [1.807, 2.05) is 6.07 Å². The molecule has 7 nitrogen and oxygen atoms in total. The molecule has 0 spiro atoms. The van der Waals surface area contributed by atoms with Crippen LogP contribution in [-0.2, 0) is 14.3 Å². The summed E-state index contributed by atoms with van der Waals surface area (Å²) in [5, 5.41) is 21.6. The molecule has 0 saturated heterocycles. The molecule has 0 heterocycles. The number of phenolic OH excluding ortho intramolecular Hbond substituents is 1. The second-order valence-electron chi connectivity index (χ2n) is 5.93. The van der Waals surface area contributed by atoms with Crippen molar-refractivity contribution in [2.75, 3.05) is 17.7 Å². The maximum atomic E-state index is 12.4. The number of hydrogen-bond acceptors (Lipinski definition) is 7. The Balaban J connectivity index is 2.07.